The number of benzene rings is 3. The summed E-state index contributed by atoms with van der Waals surface area (Å²) < 4.78 is 5.19. The number of hydrogen-bond acceptors (Lipinski definition) is 4. The van der Waals surface area contributed by atoms with Gasteiger partial charge in [0.05, 0.1) is 17.4 Å². The Morgan fingerprint density at radius 1 is 0.882 bits per heavy atom. The molecule has 1 aliphatic heterocycles. The largest absolute Gasteiger partial charge is 0.444 e. The third kappa shape index (κ3) is 5.16. The van der Waals surface area contributed by atoms with Crippen LogP contribution in [0.25, 0.3) is 0 Å². The number of rotatable bonds is 6. The van der Waals surface area contributed by atoms with E-state index in [9.17, 15) is 9.90 Å². The lowest BCUT2D eigenvalue weighted by atomic mass is 9.84. The molecule has 0 aliphatic carbocycles. The fourth-order valence-electron chi connectivity index (χ4n) is 4.65. The van der Waals surface area contributed by atoms with E-state index in [0.29, 0.717) is 13.0 Å². The predicted molar refractivity (Wildman–Crippen MR) is 139 cm³/mol. The lowest BCUT2D eigenvalue weighted by Gasteiger charge is -2.37. The monoisotopic (exact) mass is 475 g/mol. The molecule has 0 unspecified atom stereocenters. The zero-order valence-electron chi connectivity index (χ0n) is 20.1. The summed E-state index contributed by atoms with van der Waals surface area (Å²) in [6, 6.07) is 31.4. The van der Waals surface area contributed by atoms with Crippen LogP contribution in [0.15, 0.2) is 91.0 Å². The van der Waals surface area contributed by atoms with E-state index in [2.05, 4.69) is 72.8 Å². The Bertz CT molecular complexity index is 970. The van der Waals surface area contributed by atoms with Gasteiger partial charge in [0.15, 0.2) is 0 Å². The standard InChI is InChI=1S/C29H33NO3S/c1-28(2,3)33-27(32)30-20-26(19-25(30)21-31)34-29(22-13-7-4-8-14-22,23-15-9-5-10-16-23)24-17-11-6-12-18-24/h4-18,25-26,31H,19-21H2,1-3H3/t25-,26+/m0/s1. The molecule has 3 aromatic carbocycles. The number of carbonyl (C=O) groups excluding carboxylic acids is 1. The van der Waals surface area contributed by atoms with Gasteiger partial charge >= 0.3 is 6.09 Å². The Balaban J connectivity index is 1.76. The van der Waals surface area contributed by atoms with Crippen LogP contribution in [0.1, 0.15) is 43.9 Å². The molecule has 3 aromatic rings. The number of aliphatic hydroxyl groups excluding tert-OH is 1. The summed E-state index contributed by atoms with van der Waals surface area (Å²) in [5.41, 5.74) is 2.99. The van der Waals surface area contributed by atoms with Crippen molar-refractivity contribution in [2.45, 2.75) is 48.8 Å². The molecule has 1 N–H and O–H groups in total. The summed E-state index contributed by atoms with van der Waals surface area (Å²) in [6.45, 7) is 6.05. The molecule has 0 spiro atoms. The maximum atomic E-state index is 12.9. The molecule has 0 bridgehead atoms. The second-order valence-electron chi connectivity index (χ2n) is 9.72. The van der Waals surface area contributed by atoms with Crippen molar-refractivity contribution in [3.05, 3.63) is 108 Å². The second-order valence-corrected chi connectivity index (χ2v) is 11.2. The van der Waals surface area contributed by atoms with Crippen LogP contribution in [-0.4, -0.2) is 46.1 Å². The van der Waals surface area contributed by atoms with Crippen molar-refractivity contribution in [1.82, 2.24) is 4.90 Å². The molecule has 1 fully saturated rings. The summed E-state index contributed by atoms with van der Waals surface area (Å²) in [5, 5.41) is 10.2. The van der Waals surface area contributed by atoms with Crippen LogP contribution < -0.4 is 0 Å². The fraction of sp³-hybridized carbons (Fsp3) is 0.345. The molecule has 0 saturated carbocycles. The van der Waals surface area contributed by atoms with Crippen molar-refractivity contribution in [2.75, 3.05) is 13.2 Å². The molecule has 1 saturated heterocycles. The summed E-state index contributed by atoms with van der Waals surface area (Å²) in [7, 11) is 0. The zero-order valence-corrected chi connectivity index (χ0v) is 20.9. The van der Waals surface area contributed by atoms with E-state index < -0.39 is 10.3 Å². The van der Waals surface area contributed by atoms with Gasteiger partial charge in [0.25, 0.3) is 0 Å². The predicted octanol–water partition coefficient (Wildman–Crippen LogP) is 6.08. The van der Waals surface area contributed by atoms with Crippen molar-refractivity contribution >= 4 is 17.9 Å². The SMILES string of the molecule is CC(C)(C)OC(=O)N1C[C@H](SC(c2ccccc2)(c2ccccc2)c2ccccc2)C[C@H]1CO. The van der Waals surface area contributed by atoms with Gasteiger partial charge in [-0.1, -0.05) is 91.0 Å². The molecule has 1 heterocycles. The van der Waals surface area contributed by atoms with E-state index in [1.165, 1.54) is 16.7 Å². The van der Waals surface area contributed by atoms with Crippen LogP contribution in [0.4, 0.5) is 4.79 Å². The Kier molecular flexibility index (Phi) is 7.34. The highest BCUT2D eigenvalue weighted by Gasteiger charge is 2.44. The smallest absolute Gasteiger partial charge is 0.410 e. The first-order valence-corrected chi connectivity index (χ1v) is 12.7. The molecule has 1 amide bonds. The summed E-state index contributed by atoms with van der Waals surface area (Å²) in [6.07, 6.45) is 0.341. The van der Waals surface area contributed by atoms with Crippen LogP contribution in [0.5, 0.6) is 0 Å². The number of amides is 1. The molecule has 4 nitrogen and oxygen atoms in total. The number of ether oxygens (including phenoxy) is 1. The minimum Gasteiger partial charge on any atom is -0.444 e. The number of nitrogens with zero attached hydrogens (tertiary/aromatic N) is 1. The number of thioether (sulfide) groups is 1. The van der Waals surface area contributed by atoms with Crippen LogP contribution in [0, 0.1) is 0 Å². The van der Waals surface area contributed by atoms with E-state index in [1.54, 1.807) is 4.90 Å². The molecule has 4 rings (SSSR count). The molecular formula is C29H33NO3S. The summed E-state index contributed by atoms with van der Waals surface area (Å²) in [4.78, 5) is 14.6. The first kappa shape index (κ1) is 24.4. The molecule has 178 valence electrons. The van der Waals surface area contributed by atoms with Crippen LogP contribution >= 0.6 is 11.8 Å². The van der Waals surface area contributed by atoms with Crippen molar-refractivity contribution in [1.29, 1.82) is 0 Å². The van der Waals surface area contributed by atoms with Crippen molar-refractivity contribution in [3.63, 3.8) is 0 Å². The van der Waals surface area contributed by atoms with Crippen molar-refractivity contribution < 1.29 is 14.6 Å². The Morgan fingerprint density at radius 3 is 1.71 bits per heavy atom. The van der Waals surface area contributed by atoms with Gasteiger partial charge < -0.3 is 14.7 Å². The summed E-state index contributed by atoms with van der Waals surface area (Å²) in [5.74, 6) is 0. The lowest BCUT2D eigenvalue weighted by molar-refractivity contribution is 0.0176. The quantitative estimate of drug-likeness (QED) is 0.439. The zero-order chi connectivity index (χ0) is 24.2. The van der Waals surface area contributed by atoms with Crippen molar-refractivity contribution in [3.8, 4) is 0 Å². The first-order chi connectivity index (χ1) is 16.3. The number of aliphatic hydroxyl groups is 1. The maximum absolute atomic E-state index is 12.9. The van der Waals surface area contributed by atoms with Gasteiger partial charge in [-0.15, -0.1) is 11.8 Å². The first-order valence-electron chi connectivity index (χ1n) is 11.8. The van der Waals surface area contributed by atoms with Crippen LogP contribution in [0.3, 0.4) is 0 Å². The van der Waals surface area contributed by atoms with Gasteiger partial charge in [0, 0.05) is 11.8 Å². The van der Waals surface area contributed by atoms with Gasteiger partial charge in [-0.05, 0) is 43.9 Å². The Morgan fingerprint density at radius 2 is 1.32 bits per heavy atom. The molecule has 34 heavy (non-hydrogen) atoms. The second kappa shape index (κ2) is 10.2. The highest BCUT2D eigenvalue weighted by Crippen LogP contribution is 2.52. The van der Waals surface area contributed by atoms with Crippen LogP contribution in [-0.2, 0) is 9.48 Å². The maximum Gasteiger partial charge on any atom is 0.410 e. The van der Waals surface area contributed by atoms with Gasteiger partial charge in [-0.3, -0.25) is 0 Å². The molecule has 0 aromatic heterocycles. The highest BCUT2D eigenvalue weighted by atomic mass is 32.2. The van der Waals surface area contributed by atoms with E-state index in [4.69, 9.17) is 4.74 Å². The third-order valence-corrected chi connectivity index (χ3v) is 7.83. The highest BCUT2D eigenvalue weighted by molar-refractivity contribution is 8.01. The normalized spacial score (nSPS) is 18.6. The van der Waals surface area contributed by atoms with Crippen molar-refractivity contribution in [2.24, 2.45) is 0 Å². The molecular weight excluding hydrogens is 442 g/mol. The third-order valence-electron chi connectivity index (χ3n) is 6.10. The van der Waals surface area contributed by atoms with Crippen LogP contribution in [0.2, 0.25) is 0 Å². The van der Waals surface area contributed by atoms with E-state index in [-0.39, 0.29) is 24.0 Å². The lowest BCUT2D eigenvalue weighted by Crippen LogP contribution is -2.41. The van der Waals surface area contributed by atoms with E-state index in [0.717, 1.165) is 0 Å². The topological polar surface area (TPSA) is 49.8 Å². The molecule has 1 aliphatic rings. The number of carbonyl (C=O) groups is 1. The average Bonchev–Trinajstić information content (AvgIpc) is 3.26. The Labute approximate surface area is 207 Å². The fourth-order valence-corrected chi connectivity index (χ4v) is 6.52. The van der Waals surface area contributed by atoms with Gasteiger partial charge in [-0.25, -0.2) is 4.79 Å². The van der Waals surface area contributed by atoms with E-state index >= 15 is 0 Å². The average molecular weight is 476 g/mol. The molecule has 2 atom stereocenters. The minimum absolute atomic E-state index is 0.0781. The number of likely N-dealkylation sites (tertiary alicyclic amines) is 1. The molecule has 5 heteroatoms. The Hall–Kier alpha value is -2.76. The summed E-state index contributed by atoms with van der Waals surface area (Å²) >= 11 is 1.86. The minimum atomic E-state index is -0.579. The number of hydrogen-bond donors (Lipinski definition) is 1. The van der Waals surface area contributed by atoms with Gasteiger partial charge in [0.2, 0.25) is 0 Å². The molecule has 0 radical (unpaired) electrons. The van der Waals surface area contributed by atoms with Gasteiger partial charge in [0.1, 0.15) is 5.60 Å². The van der Waals surface area contributed by atoms with Gasteiger partial charge in [-0.2, -0.15) is 0 Å². The van der Waals surface area contributed by atoms with E-state index in [1.807, 2.05) is 50.7 Å².